The van der Waals surface area contributed by atoms with Crippen LogP contribution in [0, 0.1) is 22.7 Å². The molecule has 0 radical (unpaired) electrons. The highest BCUT2D eigenvalue weighted by atomic mass is 16.3. The Morgan fingerprint density at radius 1 is 0.549 bits per heavy atom. The Bertz CT molecular complexity index is 3030. The van der Waals surface area contributed by atoms with Crippen LogP contribution < -0.4 is 0 Å². The fourth-order valence-electron chi connectivity index (χ4n) is 8.46. The Kier molecular flexibility index (Phi) is 6.02. The molecule has 10 rings (SSSR count). The number of rotatable bonds is 3. The molecule has 0 amide bonds. The molecule has 0 bridgehead atoms. The molecule has 2 aromatic heterocycles. The van der Waals surface area contributed by atoms with Gasteiger partial charge in [-0.05, 0) is 99.6 Å². The van der Waals surface area contributed by atoms with Crippen molar-refractivity contribution in [2.24, 2.45) is 0 Å². The van der Waals surface area contributed by atoms with E-state index in [1.165, 1.54) is 38.5 Å². The van der Waals surface area contributed by atoms with Crippen LogP contribution in [0.15, 0.2) is 144 Å². The third kappa shape index (κ3) is 4.11. The van der Waals surface area contributed by atoms with Crippen molar-refractivity contribution in [2.75, 3.05) is 0 Å². The molecule has 51 heavy (non-hydrogen) atoms. The minimum absolute atomic E-state index is 0.128. The minimum atomic E-state index is -0.128. The zero-order valence-corrected chi connectivity index (χ0v) is 28.0. The molecule has 0 spiro atoms. The molecule has 0 fully saturated rings. The Labute approximate surface area is 294 Å². The molecule has 7 aromatic carbocycles. The predicted octanol–water partition coefficient (Wildman–Crippen LogP) is 12.1. The summed E-state index contributed by atoms with van der Waals surface area (Å²) in [7, 11) is 0. The van der Waals surface area contributed by atoms with Gasteiger partial charge in [0.1, 0.15) is 11.2 Å². The largest absolute Gasteiger partial charge is 0.456 e. The highest BCUT2D eigenvalue weighted by Gasteiger charge is 2.37. The van der Waals surface area contributed by atoms with Gasteiger partial charge in [-0.1, -0.05) is 92.7 Å². The quantitative estimate of drug-likeness (QED) is 0.191. The number of furan rings is 1. The SMILES string of the molecule is CC1(C)c2ccccc2-c2c1ccc1c3ccccc3n(-c3cccc4oc5ccc(-c6cc(C#N)cc(-c7cccc(C#N)c7)c6)cc5c34)c21. The predicted molar refractivity (Wildman–Crippen MR) is 206 cm³/mol. The zero-order valence-electron chi connectivity index (χ0n) is 28.0. The summed E-state index contributed by atoms with van der Waals surface area (Å²) in [6.45, 7) is 4.66. The van der Waals surface area contributed by atoms with Crippen molar-refractivity contribution in [3.8, 4) is 51.2 Å². The van der Waals surface area contributed by atoms with E-state index in [2.05, 4.69) is 122 Å². The van der Waals surface area contributed by atoms with Crippen molar-refractivity contribution in [1.29, 1.82) is 10.5 Å². The topological polar surface area (TPSA) is 65.7 Å². The number of para-hydroxylation sites is 1. The van der Waals surface area contributed by atoms with Gasteiger partial charge in [0.2, 0.25) is 0 Å². The first-order valence-electron chi connectivity index (χ1n) is 17.1. The molecule has 9 aromatic rings. The molecule has 0 unspecified atom stereocenters. The van der Waals surface area contributed by atoms with E-state index in [1.54, 1.807) is 6.07 Å². The molecule has 0 aliphatic heterocycles. The van der Waals surface area contributed by atoms with Gasteiger partial charge in [0.05, 0.1) is 45.4 Å². The van der Waals surface area contributed by atoms with Crippen LogP contribution in [-0.4, -0.2) is 4.57 Å². The van der Waals surface area contributed by atoms with E-state index >= 15 is 0 Å². The molecule has 2 heterocycles. The van der Waals surface area contributed by atoms with Crippen molar-refractivity contribution < 1.29 is 4.42 Å². The van der Waals surface area contributed by atoms with Crippen LogP contribution in [0.2, 0.25) is 0 Å². The summed E-state index contributed by atoms with van der Waals surface area (Å²) in [5.41, 5.74) is 15.0. The number of benzene rings is 7. The molecular weight excluding hydrogens is 623 g/mol. The average molecular weight is 652 g/mol. The van der Waals surface area contributed by atoms with Gasteiger partial charge in [0.15, 0.2) is 0 Å². The van der Waals surface area contributed by atoms with Gasteiger partial charge in [0, 0.05) is 27.1 Å². The normalized spacial score (nSPS) is 13.0. The third-order valence-electron chi connectivity index (χ3n) is 10.8. The molecule has 0 N–H and O–H groups in total. The lowest BCUT2D eigenvalue weighted by molar-refractivity contribution is 0.661. The minimum Gasteiger partial charge on any atom is -0.456 e. The number of hydrogen-bond acceptors (Lipinski definition) is 3. The van der Waals surface area contributed by atoms with Gasteiger partial charge in [-0.15, -0.1) is 0 Å². The van der Waals surface area contributed by atoms with E-state index in [0.717, 1.165) is 55.4 Å². The first kappa shape index (κ1) is 29.1. The maximum atomic E-state index is 10.0. The lowest BCUT2D eigenvalue weighted by atomic mass is 9.82. The Balaban J connectivity index is 1.26. The van der Waals surface area contributed by atoms with Gasteiger partial charge in [-0.25, -0.2) is 0 Å². The van der Waals surface area contributed by atoms with Crippen LogP contribution in [-0.2, 0) is 5.41 Å². The van der Waals surface area contributed by atoms with Gasteiger partial charge in [0.25, 0.3) is 0 Å². The fourth-order valence-corrected chi connectivity index (χ4v) is 8.46. The van der Waals surface area contributed by atoms with Crippen LogP contribution in [0.4, 0.5) is 0 Å². The number of fused-ring (bicyclic) bond motifs is 10. The van der Waals surface area contributed by atoms with Crippen molar-refractivity contribution in [2.45, 2.75) is 19.3 Å². The van der Waals surface area contributed by atoms with Crippen LogP contribution in [0.1, 0.15) is 36.1 Å². The van der Waals surface area contributed by atoms with E-state index < -0.39 is 0 Å². The van der Waals surface area contributed by atoms with Crippen molar-refractivity contribution in [3.63, 3.8) is 0 Å². The summed E-state index contributed by atoms with van der Waals surface area (Å²) < 4.78 is 9.00. The fraction of sp³-hybridized carbons (Fsp3) is 0.0638. The summed E-state index contributed by atoms with van der Waals surface area (Å²) >= 11 is 0. The summed E-state index contributed by atoms with van der Waals surface area (Å²) in [6, 6.07) is 52.8. The molecule has 4 heteroatoms. The molecular formula is C47H29N3O. The maximum absolute atomic E-state index is 10.0. The van der Waals surface area contributed by atoms with E-state index in [-0.39, 0.29) is 5.41 Å². The lowest BCUT2D eigenvalue weighted by Gasteiger charge is -2.21. The first-order valence-corrected chi connectivity index (χ1v) is 17.1. The highest BCUT2D eigenvalue weighted by Crippen LogP contribution is 2.53. The molecule has 238 valence electrons. The molecule has 0 saturated carbocycles. The second-order valence-corrected chi connectivity index (χ2v) is 14.0. The molecule has 4 nitrogen and oxygen atoms in total. The summed E-state index contributed by atoms with van der Waals surface area (Å²) in [6.07, 6.45) is 0. The maximum Gasteiger partial charge on any atom is 0.137 e. The number of hydrogen-bond donors (Lipinski definition) is 0. The van der Waals surface area contributed by atoms with Gasteiger partial charge in [-0.3, -0.25) is 0 Å². The van der Waals surface area contributed by atoms with Gasteiger partial charge in [-0.2, -0.15) is 10.5 Å². The van der Waals surface area contributed by atoms with Crippen LogP contribution >= 0.6 is 0 Å². The monoisotopic (exact) mass is 651 g/mol. The van der Waals surface area contributed by atoms with Crippen molar-refractivity contribution in [1.82, 2.24) is 4.57 Å². The van der Waals surface area contributed by atoms with Crippen LogP contribution in [0.3, 0.4) is 0 Å². The smallest absolute Gasteiger partial charge is 0.137 e. The molecule has 1 aliphatic rings. The van der Waals surface area contributed by atoms with E-state index in [4.69, 9.17) is 4.42 Å². The third-order valence-corrected chi connectivity index (χ3v) is 10.8. The number of nitrogens with zero attached hydrogens (tertiary/aromatic N) is 3. The highest BCUT2D eigenvalue weighted by molar-refractivity contribution is 6.18. The lowest BCUT2D eigenvalue weighted by Crippen LogP contribution is -2.14. The van der Waals surface area contributed by atoms with E-state index in [9.17, 15) is 10.5 Å². The van der Waals surface area contributed by atoms with Crippen LogP contribution in [0.5, 0.6) is 0 Å². The van der Waals surface area contributed by atoms with Gasteiger partial charge < -0.3 is 8.98 Å². The Morgan fingerprint density at radius 3 is 2.14 bits per heavy atom. The zero-order chi connectivity index (χ0) is 34.4. The molecule has 1 aliphatic carbocycles. The Morgan fingerprint density at radius 2 is 1.29 bits per heavy atom. The number of nitriles is 2. The Hall–Kier alpha value is -6.88. The average Bonchev–Trinajstić information content (AvgIpc) is 3.80. The van der Waals surface area contributed by atoms with Crippen molar-refractivity contribution in [3.05, 3.63) is 162 Å². The van der Waals surface area contributed by atoms with Gasteiger partial charge >= 0.3 is 0 Å². The number of aromatic nitrogens is 1. The standard InChI is InChI=1S/C47H29N3O/c1-47(2)38-13-5-3-12-36(38)44-39(47)19-18-35-34-11-4-6-14-40(34)50(46(35)44)41-15-8-16-43-45(41)37-25-31(17-20-42(37)51-43)33-23-29(27-49)22-32(24-33)30-10-7-9-28(21-30)26-48/h3-25H,1-2H3. The first-order chi connectivity index (χ1) is 24.9. The molecule has 0 saturated heterocycles. The summed E-state index contributed by atoms with van der Waals surface area (Å²) in [5, 5.41) is 24.0. The molecule has 0 atom stereocenters. The summed E-state index contributed by atoms with van der Waals surface area (Å²) in [5.74, 6) is 0. The second-order valence-electron chi connectivity index (χ2n) is 14.0. The van der Waals surface area contributed by atoms with Crippen molar-refractivity contribution >= 4 is 43.7 Å². The van der Waals surface area contributed by atoms with E-state index in [0.29, 0.717) is 11.1 Å². The van der Waals surface area contributed by atoms with Crippen LogP contribution in [0.25, 0.3) is 82.8 Å². The summed E-state index contributed by atoms with van der Waals surface area (Å²) in [4.78, 5) is 0. The second kappa shape index (κ2) is 10.6. The van der Waals surface area contributed by atoms with E-state index in [1.807, 2.05) is 42.5 Å².